The number of nitrogens with zero attached hydrogens (tertiary/aromatic N) is 3. The predicted octanol–water partition coefficient (Wildman–Crippen LogP) is 6.56. The maximum atomic E-state index is 9.92. The Kier molecular flexibility index (Phi) is 7.41. The molecule has 0 aliphatic carbocycles. The zero-order valence-electron chi connectivity index (χ0n) is 19.3. The summed E-state index contributed by atoms with van der Waals surface area (Å²) < 4.78 is 5.70. The molecule has 2 aromatic carbocycles. The first-order valence-corrected chi connectivity index (χ1v) is 11.7. The van der Waals surface area contributed by atoms with Crippen LogP contribution in [0.15, 0.2) is 54.9 Å². The molecule has 4 rings (SSSR count). The number of benzene rings is 2. The van der Waals surface area contributed by atoms with E-state index in [0.29, 0.717) is 12.5 Å². The van der Waals surface area contributed by atoms with Gasteiger partial charge in [-0.05, 0) is 67.5 Å². The first-order valence-electron chi connectivity index (χ1n) is 11.0. The molecule has 4 aromatic rings. The molecule has 0 fully saturated rings. The second-order valence-corrected chi connectivity index (χ2v) is 9.01. The molecule has 176 valence electrons. The van der Waals surface area contributed by atoms with E-state index in [2.05, 4.69) is 33.2 Å². The zero-order chi connectivity index (χ0) is 24.2. The average molecular weight is 497 g/mol. The number of phenols is 1. The molecule has 0 saturated carbocycles. The van der Waals surface area contributed by atoms with Crippen LogP contribution in [0.25, 0.3) is 22.0 Å². The van der Waals surface area contributed by atoms with Gasteiger partial charge < -0.3 is 20.1 Å². The number of anilines is 2. The third-order valence-electron chi connectivity index (χ3n) is 5.47. The Morgan fingerprint density at radius 2 is 1.74 bits per heavy atom. The second kappa shape index (κ2) is 10.5. The first-order chi connectivity index (χ1) is 16.4. The maximum Gasteiger partial charge on any atom is 0.213 e. The summed E-state index contributed by atoms with van der Waals surface area (Å²) in [5.41, 5.74) is 5.48. The van der Waals surface area contributed by atoms with Gasteiger partial charge in [-0.2, -0.15) is 0 Å². The monoisotopic (exact) mass is 496 g/mol. The summed E-state index contributed by atoms with van der Waals surface area (Å²) in [6, 6.07) is 13.2. The minimum Gasteiger partial charge on any atom is -0.505 e. The van der Waals surface area contributed by atoms with E-state index in [1.165, 1.54) is 0 Å². The Hall–Kier alpha value is -3.06. The molecule has 0 aliphatic heterocycles. The normalized spacial score (nSPS) is 11.2. The topological polar surface area (TPSA) is 70.5 Å². The van der Waals surface area contributed by atoms with E-state index in [1.54, 1.807) is 18.3 Å². The lowest BCUT2D eigenvalue weighted by molar-refractivity contribution is 0.254. The fraction of sp³-hybridized carbons (Fsp3) is 0.231. The van der Waals surface area contributed by atoms with Crippen LogP contribution in [0.2, 0.25) is 10.0 Å². The van der Waals surface area contributed by atoms with Crippen molar-refractivity contribution in [1.29, 1.82) is 0 Å². The number of nitrogens with one attached hydrogen (secondary N) is 1. The summed E-state index contributed by atoms with van der Waals surface area (Å²) >= 11 is 12.3. The van der Waals surface area contributed by atoms with Gasteiger partial charge in [0.2, 0.25) is 5.88 Å². The molecule has 0 bridgehead atoms. The van der Waals surface area contributed by atoms with Crippen LogP contribution in [0.5, 0.6) is 11.6 Å². The molecule has 34 heavy (non-hydrogen) atoms. The van der Waals surface area contributed by atoms with Gasteiger partial charge in [-0.1, -0.05) is 36.2 Å². The van der Waals surface area contributed by atoms with Crippen LogP contribution in [0.4, 0.5) is 11.4 Å². The molecule has 0 unspecified atom stereocenters. The summed E-state index contributed by atoms with van der Waals surface area (Å²) in [6.45, 7) is 3.50. The number of pyridine rings is 2. The largest absolute Gasteiger partial charge is 0.505 e. The molecule has 0 amide bonds. The van der Waals surface area contributed by atoms with Gasteiger partial charge in [0, 0.05) is 24.2 Å². The van der Waals surface area contributed by atoms with Crippen molar-refractivity contribution >= 4 is 45.5 Å². The molecule has 2 N–H and O–H groups in total. The number of ether oxygens (including phenoxy) is 1. The van der Waals surface area contributed by atoms with Crippen LogP contribution >= 0.6 is 23.2 Å². The number of aromatic hydroxyl groups is 1. The Bertz CT molecular complexity index is 1290. The Morgan fingerprint density at radius 3 is 2.38 bits per heavy atom. The summed E-state index contributed by atoms with van der Waals surface area (Å²) in [7, 11) is 4.01. The smallest absolute Gasteiger partial charge is 0.213 e. The van der Waals surface area contributed by atoms with Crippen LogP contribution in [0.3, 0.4) is 0 Å². The van der Waals surface area contributed by atoms with E-state index in [4.69, 9.17) is 27.9 Å². The molecule has 2 heterocycles. The number of rotatable bonds is 8. The van der Waals surface area contributed by atoms with Crippen LogP contribution in [0, 0.1) is 0 Å². The quantitative estimate of drug-likeness (QED) is 0.288. The van der Waals surface area contributed by atoms with E-state index >= 15 is 0 Å². The SMILES string of the molecule is CCc1cnc2ccc(-c3cc(Cl)c(O)c(Cl)c3)cc2c1Nc1ccc(OCCN(C)C)nc1. The molecule has 0 spiro atoms. The highest BCUT2D eigenvalue weighted by molar-refractivity contribution is 6.37. The number of hydrogen-bond donors (Lipinski definition) is 2. The summed E-state index contributed by atoms with van der Waals surface area (Å²) in [4.78, 5) is 11.1. The number of hydrogen-bond acceptors (Lipinski definition) is 6. The Labute approximate surface area is 209 Å². The lowest BCUT2D eigenvalue weighted by Gasteiger charge is -2.16. The highest BCUT2D eigenvalue weighted by atomic mass is 35.5. The van der Waals surface area contributed by atoms with Crippen molar-refractivity contribution in [3.63, 3.8) is 0 Å². The molecule has 8 heteroatoms. The second-order valence-electron chi connectivity index (χ2n) is 8.19. The third kappa shape index (κ3) is 5.36. The van der Waals surface area contributed by atoms with E-state index in [1.807, 2.05) is 44.6 Å². The summed E-state index contributed by atoms with van der Waals surface area (Å²) in [5.74, 6) is 0.470. The van der Waals surface area contributed by atoms with Gasteiger partial charge in [0.15, 0.2) is 5.75 Å². The highest BCUT2D eigenvalue weighted by Crippen LogP contribution is 2.38. The lowest BCUT2D eigenvalue weighted by Crippen LogP contribution is -2.19. The third-order valence-corrected chi connectivity index (χ3v) is 6.05. The van der Waals surface area contributed by atoms with E-state index in [0.717, 1.165) is 51.9 Å². The first kappa shape index (κ1) is 24.1. The predicted molar refractivity (Wildman–Crippen MR) is 140 cm³/mol. The molecular weight excluding hydrogens is 471 g/mol. The van der Waals surface area contributed by atoms with Gasteiger partial charge >= 0.3 is 0 Å². The molecule has 0 atom stereocenters. The summed E-state index contributed by atoms with van der Waals surface area (Å²) in [6.07, 6.45) is 4.47. The minimum atomic E-state index is -0.119. The van der Waals surface area contributed by atoms with Crippen molar-refractivity contribution in [3.8, 4) is 22.8 Å². The van der Waals surface area contributed by atoms with Crippen LogP contribution in [-0.4, -0.2) is 47.2 Å². The number of likely N-dealkylation sites (N-methyl/N-ethyl adjacent to an activating group) is 1. The minimum absolute atomic E-state index is 0.119. The fourth-order valence-corrected chi connectivity index (χ4v) is 4.07. The van der Waals surface area contributed by atoms with Crippen LogP contribution < -0.4 is 10.1 Å². The van der Waals surface area contributed by atoms with Crippen LogP contribution in [0.1, 0.15) is 12.5 Å². The maximum absolute atomic E-state index is 9.92. The van der Waals surface area contributed by atoms with E-state index < -0.39 is 0 Å². The van der Waals surface area contributed by atoms with Gasteiger partial charge in [-0.3, -0.25) is 4.98 Å². The molecule has 6 nitrogen and oxygen atoms in total. The van der Waals surface area contributed by atoms with Crippen LogP contribution in [-0.2, 0) is 6.42 Å². The fourth-order valence-electron chi connectivity index (χ4n) is 3.58. The standard InChI is InChI=1S/C26H26Cl2N4O2/c1-4-16-14-29-23-7-5-17(18-12-21(27)26(33)22(28)13-18)11-20(23)25(16)31-19-6-8-24(30-15-19)34-10-9-32(2)3/h5-8,11-15,33H,4,9-10H2,1-3H3,(H,29,31). The molecule has 0 saturated heterocycles. The average Bonchev–Trinajstić information content (AvgIpc) is 2.83. The Balaban J connectivity index is 1.68. The Morgan fingerprint density at radius 1 is 0.971 bits per heavy atom. The molecule has 2 aromatic heterocycles. The van der Waals surface area contributed by atoms with Crippen molar-refractivity contribution in [2.45, 2.75) is 13.3 Å². The lowest BCUT2D eigenvalue weighted by atomic mass is 10.0. The van der Waals surface area contributed by atoms with Crippen molar-refractivity contribution in [2.24, 2.45) is 0 Å². The van der Waals surface area contributed by atoms with Crippen molar-refractivity contribution in [1.82, 2.24) is 14.9 Å². The highest BCUT2D eigenvalue weighted by Gasteiger charge is 2.13. The molecule has 0 radical (unpaired) electrons. The molecule has 0 aliphatic rings. The van der Waals surface area contributed by atoms with Gasteiger partial charge in [-0.25, -0.2) is 4.98 Å². The number of phenolic OH excluding ortho intramolecular Hbond substituents is 1. The van der Waals surface area contributed by atoms with Crippen molar-refractivity contribution < 1.29 is 9.84 Å². The van der Waals surface area contributed by atoms with Gasteiger partial charge in [0.25, 0.3) is 0 Å². The number of aromatic nitrogens is 2. The number of fused-ring (bicyclic) bond motifs is 1. The van der Waals surface area contributed by atoms with Gasteiger partial charge in [-0.15, -0.1) is 0 Å². The number of aryl methyl sites for hydroxylation is 1. The van der Waals surface area contributed by atoms with E-state index in [-0.39, 0.29) is 15.8 Å². The number of halogens is 2. The van der Waals surface area contributed by atoms with E-state index in [9.17, 15) is 5.11 Å². The van der Waals surface area contributed by atoms with Crippen molar-refractivity contribution in [3.05, 3.63) is 70.5 Å². The van der Waals surface area contributed by atoms with Crippen molar-refractivity contribution in [2.75, 3.05) is 32.6 Å². The summed E-state index contributed by atoms with van der Waals surface area (Å²) in [5, 5.41) is 14.8. The zero-order valence-corrected chi connectivity index (χ0v) is 20.8. The molecular formula is C26H26Cl2N4O2. The van der Waals surface area contributed by atoms with Gasteiger partial charge in [0.1, 0.15) is 6.61 Å². The van der Waals surface area contributed by atoms with Gasteiger partial charge in [0.05, 0.1) is 33.1 Å².